The number of aromatic nitrogens is 2. The number of benzene rings is 10. The van der Waals surface area contributed by atoms with Gasteiger partial charge >= 0.3 is 0 Å². The van der Waals surface area contributed by atoms with Crippen LogP contribution < -0.4 is 0 Å². The molecule has 2 nitrogen and oxygen atoms in total. The average molecular weight is 767 g/mol. The summed E-state index contributed by atoms with van der Waals surface area (Å²) in [4.78, 5) is 0. The van der Waals surface area contributed by atoms with Gasteiger partial charge in [0.2, 0.25) is 0 Å². The van der Waals surface area contributed by atoms with Crippen molar-refractivity contribution in [1.29, 1.82) is 0 Å². The van der Waals surface area contributed by atoms with Crippen molar-refractivity contribution < 1.29 is 0 Å². The maximum atomic E-state index is 2.53. The summed E-state index contributed by atoms with van der Waals surface area (Å²) in [6.07, 6.45) is 0. The maximum Gasteiger partial charge on any atom is 0.0613 e. The molecule has 0 atom stereocenters. The summed E-state index contributed by atoms with van der Waals surface area (Å²) in [5, 5.41) is 15.1. The molecule has 0 bridgehead atoms. The predicted molar refractivity (Wildman–Crippen MR) is 257 cm³/mol. The Hall–Kier alpha value is -7.42. The van der Waals surface area contributed by atoms with Crippen molar-refractivity contribution in [3.05, 3.63) is 205 Å². The van der Waals surface area contributed by atoms with E-state index in [9.17, 15) is 0 Å². The van der Waals surface area contributed by atoms with Crippen LogP contribution >= 0.6 is 0 Å². The Morgan fingerprint density at radius 2 is 0.650 bits per heavy atom. The molecule has 0 N–H and O–H groups in total. The van der Waals surface area contributed by atoms with Crippen LogP contribution in [0.2, 0.25) is 0 Å². The molecule has 0 saturated heterocycles. The molecule has 2 aromatic heterocycles. The minimum absolute atomic E-state index is 1.20. The number of hydrogen-bond donors (Lipinski definition) is 0. The highest BCUT2D eigenvalue weighted by Gasteiger charge is 2.23. The SMILES string of the molecule is Cc1c(C)n(-c2ccc(-c3ccc4ccccc4c3)c3ccccc23)c2c1ccc1c2ccc2c(C)c(C)n(-c3ccc(-c4ccc5ccccc5c4)c4ccccc34)c21. The maximum absolute atomic E-state index is 2.53. The van der Waals surface area contributed by atoms with Gasteiger partial charge < -0.3 is 9.13 Å². The minimum Gasteiger partial charge on any atom is -0.312 e. The summed E-state index contributed by atoms with van der Waals surface area (Å²) in [6, 6.07) is 67.6. The van der Waals surface area contributed by atoms with Gasteiger partial charge in [-0.15, -0.1) is 0 Å². The summed E-state index contributed by atoms with van der Waals surface area (Å²) in [5.41, 5.74) is 15.0. The van der Waals surface area contributed by atoms with Gasteiger partial charge in [0.1, 0.15) is 0 Å². The first-order valence-electron chi connectivity index (χ1n) is 21.0. The van der Waals surface area contributed by atoms with E-state index in [2.05, 4.69) is 219 Å². The summed E-state index contributed by atoms with van der Waals surface area (Å²) in [5.74, 6) is 0. The molecule has 0 aliphatic heterocycles. The van der Waals surface area contributed by atoms with Crippen molar-refractivity contribution in [2.75, 3.05) is 0 Å². The second-order valence-electron chi connectivity index (χ2n) is 16.6. The van der Waals surface area contributed by atoms with Crippen molar-refractivity contribution in [3.63, 3.8) is 0 Å². The summed E-state index contributed by atoms with van der Waals surface area (Å²) in [6.45, 7) is 9.13. The molecule has 0 fully saturated rings. The zero-order valence-electron chi connectivity index (χ0n) is 34.2. The van der Waals surface area contributed by atoms with Crippen LogP contribution in [0.1, 0.15) is 22.5 Å². The average Bonchev–Trinajstić information content (AvgIpc) is 3.71. The highest BCUT2D eigenvalue weighted by Crippen LogP contribution is 2.44. The molecule has 12 rings (SSSR count). The largest absolute Gasteiger partial charge is 0.312 e. The summed E-state index contributed by atoms with van der Waals surface area (Å²) < 4.78 is 5.07. The van der Waals surface area contributed by atoms with Gasteiger partial charge in [0.05, 0.1) is 22.4 Å². The van der Waals surface area contributed by atoms with Gasteiger partial charge in [-0.3, -0.25) is 0 Å². The zero-order valence-corrected chi connectivity index (χ0v) is 34.2. The molecule has 0 unspecified atom stereocenters. The Kier molecular flexibility index (Phi) is 7.52. The number of hydrogen-bond acceptors (Lipinski definition) is 0. The third-order valence-electron chi connectivity index (χ3n) is 13.6. The van der Waals surface area contributed by atoms with E-state index in [1.165, 1.54) is 132 Å². The van der Waals surface area contributed by atoms with Crippen molar-refractivity contribution in [2.24, 2.45) is 0 Å². The van der Waals surface area contributed by atoms with Crippen LogP contribution in [0.5, 0.6) is 0 Å². The fourth-order valence-electron chi connectivity index (χ4n) is 10.3. The molecule has 0 aliphatic rings. The Morgan fingerprint density at radius 3 is 1.08 bits per heavy atom. The lowest BCUT2D eigenvalue weighted by Crippen LogP contribution is -2.01. The molecule has 2 heterocycles. The van der Waals surface area contributed by atoms with Crippen LogP contribution in [0.4, 0.5) is 0 Å². The lowest BCUT2D eigenvalue weighted by molar-refractivity contribution is 1.05. The van der Waals surface area contributed by atoms with Crippen molar-refractivity contribution in [2.45, 2.75) is 27.7 Å². The van der Waals surface area contributed by atoms with Crippen molar-refractivity contribution in [1.82, 2.24) is 9.13 Å². The summed E-state index contributed by atoms with van der Waals surface area (Å²) in [7, 11) is 0. The third-order valence-corrected chi connectivity index (χ3v) is 13.6. The standard InChI is InChI=1S/C58H42N2/c1-35-37(3)59(55-31-29-47(49-17-9-11-19-51(49)55)43-23-21-39-13-5-7-15-41(39)33-43)57-45(35)25-27-54-53(57)28-26-46-36(2)38(4)60(58(46)54)56-32-30-48(50-18-10-12-20-52(50)56)44-24-22-40-14-6-8-16-42(40)34-44/h5-34H,1-4H3. The van der Waals surface area contributed by atoms with E-state index in [-0.39, 0.29) is 0 Å². The van der Waals surface area contributed by atoms with E-state index < -0.39 is 0 Å². The zero-order chi connectivity index (χ0) is 40.2. The quantitative estimate of drug-likeness (QED) is 0.169. The second-order valence-corrected chi connectivity index (χ2v) is 16.6. The van der Waals surface area contributed by atoms with Gasteiger partial charge in [-0.05, 0) is 118 Å². The van der Waals surface area contributed by atoms with Crippen LogP contribution in [0.25, 0.3) is 109 Å². The first-order chi connectivity index (χ1) is 29.4. The monoisotopic (exact) mass is 766 g/mol. The van der Waals surface area contributed by atoms with Gasteiger partial charge in [0.15, 0.2) is 0 Å². The molecule has 60 heavy (non-hydrogen) atoms. The normalized spacial score (nSPS) is 12.0. The van der Waals surface area contributed by atoms with Crippen LogP contribution in [-0.2, 0) is 0 Å². The van der Waals surface area contributed by atoms with E-state index in [1.54, 1.807) is 0 Å². The molecule has 0 amide bonds. The predicted octanol–water partition coefficient (Wildman–Crippen LogP) is 15.9. The highest BCUT2D eigenvalue weighted by molar-refractivity contribution is 6.19. The number of nitrogens with zero attached hydrogens (tertiary/aromatic N) is 2. The molecule has 0 radical (unpaired) electrons. The molecule has 0 saturated carbocycles. The van der Waals surface area contributed by atoms with Crippen molar-refractivity contribution in [3.8, 4) is 33.6 Å². The smallest absolute Gasteiger partial charge is 0.0613 e. The van der Waals surface area contributed by atoms with Crippen LogP contribution in [0.15, 0.2) is 182 Å². The van der Waals surface area contributed by atoms with Gasteiger partial charge in [0, 0.05) is 43.7 Å². The first kappa shape index (κ1) is 34.6. The molecular weight excluding hydrogens is 725 g/mol. The van der Waals surface area contributed by atoms with Crippen LogP contribution in [0.3, 0.4) is 0 Å². The fraction of sp³-hybridized carbons (Fsp3) is 0.0690. The highest BCUT2D eigenvalue weighted by atomic mass is 15.0. The number of rotatable bonds is 4. The molecule has 2 heteroatoms. The van der Waals surface area contributed by atoms with E-state index in [1.807, 2.05) is 0 Å². The van der Waals surface area contributed by atoms with Crippen molar-refractivity contribution >= 4 is 75.7 Å². The van der Waals surface area contributed by atoms with Crippen LogP contribution in [0, 0.1) is 27.7 Å². The molecule has 0 aliphatic carbocycles. The Balaban J connectivity index is 1.10. The molecule has 284 valence electrons. The third kappa shape index (κ3) is 4.94. The van der Waals surface area contributed by atoms with Gasteiger partial charge in [-0.2, -0.15) is 0 Å². The van der Waals surface area contributed by atoms with E-state index >= 15 is 0 Å². The minimum atomic E-state index is 1.20. The Bertz CT molecular complexity index is 3510. The van der Waals surface area contributed by atoms with Gasteiger partial charge in [0.25, 0.3) is 0 Å². The Labute approximate surface area is 349 Å². The molecule has 12 aromatic rings. The lowest BCUT2D eigenvalue weighted by Gasteiger charge is -2.18. The summed E-state index contributed by atoms with van der Waals surface area (Å²) >= 11 is 0. The van der Waals surface area contributed by atoms with Crippen LogP contribution in [-0.4, -0.2) is 9.13 Å². The van der Waals surface area contributed by atoms with Gasteiger partial charge in [-0.25, -0.2) is 0 Å². The number of aryl methyl sites for hydroxylation is 2. The molecule has 0 spiro atoms. The number of fused-ring (bicyclic) bond motifs is 9. The molecule has 10 aromatic carbocycles. The topological polar surface area (TPSA) is 9.86 Å². The first-order valence-corrected chi connectivity index (χ1v) is 21.0. The molecular formula is C58H42N2. The lowest BCUT2D eigenvalue weighted by atomic mass is 9.95. The fourth-order valence-corrected chi connectivity index (χ4v) is 10.3. The van der Waals surface area contributed by atoms with Gasteiger partial charge in [-0.1, -0.05) is 158 Å². The van der Waals surface area contributed by atoms with E-state index in [0.717, 1.165) is 0 Å². The van der Waals surface area contributed by atoms with E-state index in [0.29, 0.717) is 0 Å². The Morgan fingerprint density at radius 1 is 0.283 bits per heavy atom. The van der Waals surface area contributed by atoms with E-state index in [4.69, 9.17) is 0 Å². The second kappa shape index (κ2) is 13.0.